The van der Waals surface area contributed by atoms with Gasteiger partial charge in [0, 0.05) is 4.88 Å². The summed E-state index contributed by atoms with van der Waals surface area (Å²) in [5, 5.41) is 12.9. The molecular weight excluding hydrogens is 277 g/mol. The number of anilines is 1. The van der Waals surface area contributed by atoms with Crippen LogP contribution in [0.25, 0.3) is 0 Å². The van der Waals surface area contributed by atoms with Crippen molar-refractivity contribution in [3.05, 3.63) is 63.9 Å². The van der Waals surface area contributed by atoms with E-state index in [0.29, 0.717) is 30.4 Å². The number of hydrogen-bond acceptors (Lipinski definition) is 5. The summed E-state index contributed by atoms with van der Waals surface area (Å²) in [5.41, 5.74) is 0.543. The second-order valence-corrected chi connectivity index (χ2v) is 5.23. The maximum Gasteiger partial charge on any atom is 0.315 e. The van der Waals surface area contributed by atoms with Crippen LogP contribution >= 0.6 is 11.3 Å². The lowest BCUT2D eigenvalue weighted by Gasteiger charge is -1.99. The highest BCUT2D eigenvalue weighted by Crippen LogP contribution is 2.15. The van der Waals surface area contributed by atoms with E-state index in [4.69, 9.17) is 4.42 Å². The molecule has 0 radical (unpaired) electrons. The van der Waals surface area contributed by atoms with E-state index in [0.717, 1.165) is 0 Å². The third-order valence-electron chi connectivity index (χ3n) is 2.76. The molecule has 4 nitrogen and oxygen atoms in total. The van der Waals surface area contributed by atoms with Crippen LogP contribution in [0.15, 0.2) is 46.2 Å². The Balaban J connectivity index is 1.63. The van der Waals surface area contributed by atoms with Gasteiger partial charge < -0.3 is 9.73 Å². The van der Waals surface area contributed by atoms with Gasteiger partial charge in [0.2, 0.25) is 5.89 Å². The van der Waals surface area contributed by atoms with E-state index in [1.165, 1.54) is 10.9 Å². The van der Waals surface area contributed by atoms with Gasteiger partial charge >= 0.3 is 6.01 Å². The summed E-state index contributed by atoms with van der Waals surface area (Å²) < 4.78 is 19.0. The molecule has 0 aliphatic rings. The lowest BCUT2D eigenvalue weighted by molar-refractivity contribution is 0.510. The number of hydrogen-bond donors (Lipinski definition) is 1. The van der Waals surface area contributed by atoms with Crippen molar-refractivity contribution < 1.29 is 8.81 Å². The summed E-state index contributed by atoms with van der Waals surface area (Å²) >= 11 is 1.65. The monoisotopic (exact) mass is 289 g/mol. The highest BCUT2D eigenvalue weighted by Gasteiger charge is 2.09. The number of thiophene rings is 1. The summed E-state index contributed by atoms with van der Waals surface area (Å²) in [4.78, 5) is 1.18. The van der Waals surface area contributed by atoms with Crippen LogP contribution in [-0.2, 0) is 13.0 Å². The first-order valence-corrected chi connectivity index (χ1v) is 7.01. The van der Waals surface area contributed by atoms with Gasteiger partial charge in [-0.2, -0.15) is 0 Å². The lowest BCUT2D eigenvalue weighted by Crippen LogP contribution is -1.97. The van der Waals surface area contributed by atoms with E-state index in [9.17, 15) is 4.39 Å². The first kappa shape index (κ1) is 12.8. The average molecular weight is 289 g/mol. The Labute approximate surface area is 119 Å². The van der Waals surface area contributed by atoms with Gasteiger partial charge in [0.15, 0.2) is 0 Å². The predicted octanol–water partition coefficient (Wildman–Crippen LogP) is 3.47. The van der Waals surface area contributed by atoms with E-state index in [1.807, 2.05) is 17.5 Å². The van der Waals surface area contributed by atoms with Gasteiger partial charge in [-0.25, -0.2) is 4.39 Å². The van der Waals surface area contributed by atoms with Crippen molar-refractivity contribution in [1.29, 1.82) is 0 Å². The third kappa shape index (κ3) is 3.03. The minimum Gasteiger partial charge on any atom is -0.408 e. The van der Waals surface area contributed by atoms with E-state index < -0.39 is 0 Å². The average Bonchev–Trinajstić information content (AvgIpc) is 3.10. The molecule has 0 aliphatic heterocycles. The molecule has 0 amide bonds. The normalized spacial score (nSPS) is 10.7. The van der Waals surface area contributed by atoms with Crippen LogP contribution in [0.5, 0.6) is 0 Å². The van der Waals surface area contributed by atoms with Crippen LogP contribution in [0.2, 0.25) is 0 Å². The molecule has 102 valence electrons. The highest BCUT2D eigenvalue weighted by atomic mass is 32.1. The van der Waals surface area contributed by atoms with Gasteiger partial charge in [0.25, 0.3) is 0 Å². The quantitative estimate of drug-likeness (QED) is 0.781. The van der Waals surface area contributed by atoms with E-state index in [1.54, 1.807) is 29.5 Å². The summed E-state index contributed by atoms with van der Waals surface area (Å²) in [5.74, 6) is 0.127. The van der Waals surface area contributed by atoms with Crippen molar-refractivity contribution in [1.82, 2.24) is 10.2 Å². The van der Waals surface area contributed by atoms with Gasteiger partial charge in [-0.1, -0.05) is 29.4 Å². The minimum atomic E-state index is -0.265. The van der Waals surface area contributed by atoms with Crippen molar-refractivity contribution in [2.45, 2.75) is 13.0 Å². The summed E-state index contributed by atoms with van der Waals surface area (Å²) in [6.45, 7) is 0.638. The number of benzene rings is 1. The van der Waals surface area contributed by atoms with Crippen molar-refractivity contribution in [3.63, 3.8) is 0 Å². The van der Waals surface area contributed by atoms with E-state index in [-0.39, 0.29) is 5.82 Å². The third-order valence-corrected chi connectivity index (χ3v) is 3.64. The topological polar surface area (TPSA) is 51.0 Å². The Morgan fingerprint density at radius 2 is 2.05 bits per heavy atom. The van der Waals surface area contributed by atoms with Crippen LogP contribution in [0.3, 0.4) is 0 Å². The molecule has 0 spiro atoms. The first-order valence-electron chi connectivity index (χ1n) is 6.13. The Morgan fingerprint density at radius 1 is 1.15 bits per heavy atom. The maximum atomic E-state index is 13.5. The zero-order valence-corrected chi connectivity index (χ0v) is 11.4. The fraction of sp³-hybridized carbons (Fsp3) is 0.143. The number of nitrogens with zero attached hydrogens (tertiary/aromatic N) is 2. The fourth-order valence-corrected chi connectivity index (χ4v) is 2.42. The second-order valence-electron chi connectivity index (χ2n) is 4.20. The maximum absolute atomic E-state index is 13.5. The van der Waals surface area contributed by atoms with E-state index >= 15 is 0 Å². The fourth-order valence-electron chi connectivity index (χ4n) is 1.78. The number of halogens is 1. The molecule has 0 saturated carbocycles. The molecule has 0 atom stereocenters. The van der Waals surface area contributed by atoms with Gasteiger partial charge in [-0.3, -0.25) is 0 Å². The molecule has 6 heteroatoms. The molecule has 0 bridgehead atoms. The largest absolute Gasteiger partial charge is 0.408 e. The SMILES string of the molecule is Fc1ccccc1Cc1nnc(NCc2cccs2)o1. The summed E-state index contributed by atoms with van der Waals surface area (Å²) in [7, 11) is 0. The first-order chi connectivity index (χ1) is 9.81. The smallest absolute Gasteiger partial charge is 0.315 e. The van der Waals surface area contributed by atoms with Crippen LogP contribution in [0, 0.1) is 5.82 Å². The molecule has 3 aromatic rings. The molecule has 0 unspecified atom stereocenters. The molecule has 0 saturated heterocycles. The Hall–Kier alpha value is -2.21. The van der Waals surface area contributed by atoms with Gasteiger partial charge in [-0.05, 0) is 23.1 Å². The standard InChI is InChI=1S/C14H12FN3OS/c15-12-6-2-1-4-10(12)8-13-17-18-14(19-13)16-9-11-5-3-7-20-11/h1-7H,8-9H2,(H,16,18). The molecule has 0 fully saturated rings. The van der Waals surface area contributed by atoms with Crippen molar-refractivity contribution in [3.8, 4) is 0 Å². The Morgan fingerprint density at radius 3 is 2.85 bits per heavy atom. The van der Waals surface area contributed by atoms with Gasteiger partial charge in [0.1, 0.15) is 5.82 Å². The van der Waals surface area contributed by atoms with E-state index in [2.05, 4.69) is 15.5 Å². The van der Waals surface area contributed by atoms with Gasteiger partial charge in [-0.15, -0.1) is 16.4 Å². The van der Waals surface area contributed by atoms with Crippen molar-refractivity contribution in [2.75, 3.05) is 5.32 Å². The molecule has 20 heavy (non-hydrogen) atoms. The summed E-state index contributed by atoms with van der Waals surface area (Å²) in [6.07, 6.45) is 0.292. The number of rotatable bonds is 5. The van der Waals surface area contributed by atoms with Crippen molar-refractivity contribution >= 4 is 17.4 Å². The van der Waals surface area contributed by atoms with Crippen LogP contribution < -0.4 is 5.32 Å². The second kappa shape index (κ2) is 5.83. The zero-order chi connectivity index (χ0) is 13.8. The minimum absolute atomic E-state index is 0.265. The number of nitrogens with one attached hydrogen (secondary N) is 1. The van der Waals surface area contributed by atoms with Crippen LogP contribution in [0.1, 0.15) is 16.3 Å². The zero-order valence-electron chi connectivity index (χ0n) is 10.5. The lowest BCUT2D eigenvalue weighted by atomic mass is 10.1. The van der Waals surface area contributed by atoms with Gasteiger partial charge in [0.05, 0.1) is 13.0 Å². The Bertz CT molecular complexity index is 681. The molecule has 1 aromatic carbocycles. The molecule has 2 aromatic heterocycles. The van der Waals surface area contributed by atoms with Crippen LogP contribution in [0.4, 0.5) is 10.4 Å². The number of aromatic nitrogens is 2. The molecule has 3 rings (SSSR count). The highest BCUT2D eigenvalue weighted by molar-refractivity contribution is 7.09. The molecule has 1 N–H and O–H groups in total. The van der Waals surface area contributed by atoms with Crippen molar-refractivity contribution in [2.24, 2.45) is 0 Å². The molecule has 0 aliphatic carbocycles. The van der Waals surface area contributed by atoms with Crippen LogP contribution in [-0.4, -0.2) is 10.2 Å². The molecular formula is C14H12FN3OS. The predicted molar refractivity (Wildman–Crippen MR) is 75.1 cm³/mol. The molecule has 2 heterocycles. The summed E-state index contributed by atoms with van der Waals surface area (Å²) in [6, 6.07) is 10.9. The Kier molecular flexibility index (Phi) is 3.73.